The number of anilines is 1. The molecule has 126 valence electrons. The number of hydrogen-bond acceptors (Lipinski definition) is 4. The third-order valence-corrected chi connectivity index (χ3v) is 4.90. The SMILES string of the molecule is CC(C)C(NC(=O)CN1C(=O)COc2ccccc21)c1cccs1. The van der Waals surface area contributed by atoms with Crippen LogP contribution >= 0.6 is 11.3 Å². The molecule has 3 rings (SSSR count). The van der Waals surface area contributed by atoms with E-state index >= 15 is 0 Å². The summed E-state index contributed by atoms with van der Waals surface area (Å²) in [5.74, 6) is 0.511. The van der Waals surface area contributed by atoms with Crippen LogP contribution in [0.1, 0.15) is 24.8 Å². The Labute approximate surface area is 145 Å². The van der Waals surface area contributed by atoms with Crippen molar-refractivity contribution in [3.05, 3.63) is 46.7 Å². The van der Waals surface area contributed by atoms with Gasteiger partial charge in [0.25, 0.3) is 5.91 Å². The van der Waals surface area contributed by atoms with Gasteiger partial charge >= 0.3 is 0 Å². The Kier molecular flexibility index (Phi) is 4.85. The molecule has 0 radical (unpaired) electrons. The van der Waals surface area contributed by atoms with E-state index in [9.17, 15) is 9.59 Å². The molecule has 1 aromatic carbocycles. The lowest BCUT2D eigenvalue weighted by Gasteiger charge is -2.30. The van der Waals surface area contributed by atoms with Crippen LogP contribution in [-0.4, -0.2) is 25.0 Å². The van der Waals surface area contributed by atoms with Gasteiger partial charge in [0.2, 0.25) is 5.91 Å². The van der Waals surface area contributed by atoms with Crippen molar-refractivity contribution >= 4 is 28.8 Å². The number of hydrogen-bond donors (Lipinski definition) is 1. The molecule has 5 nitrogen and oxygen atoms in total. The third kappa shape index (κ3) is 3.43. The quantitative estimate of drug-likeness (QED) is 0.907. The number of benzene rings is 1. The van der Waals surface area contributed by atoms with Crippen molar-refractivity contribution in [3.63, 3.8) is 0 Å². The average molecular weight is 344 g/mol. The van der Waals surface area contributed by atoms with Gasteiger partial charge in [-0.1, -0.05) is 32.0 Å². The van der Waals surface area contributed by atoms with Crippen LogP contribution in [0.25, 0.3) is 0 Å². The molecule has 1 aliphatic rings. The van der Waals surface area contributed by atoms with Gasteiger partial charge in [-0.3, -0.25) is 14.5 Å². The van der Waals surface area contributed by atoms with Gasteiger partial charge < -0.3 is 10.1 Å². The zero-order valence-corrected chi connectivity index (χ0v) is 14.5. The molecule has 1 atom stereocenters. The number of thiophene rings is 1. The molecule has 0 spiro atoms. The maximum atomic E-state index is 12.5. The molecule has 0 saturated carbocycles. The highest BCUT2D eigenvalue weighted by molar-refractivity contribution is 7.10. The molecule has 2 aromatic rings. The van der Waals surface area contributed by atoms with E-state index in [2.05, 4.69) is 19.2 Å². The lowest BCUT2D eigenvalue weighted by Crippen LogP contribution is -2.46. The zero-order valence-electron chi connectivity index (χ0n) is 13.7. The summed E-state index contributed by atoms with van der Waals surface area (Å²) in [6.07, 6.45) is 0. The van der Waals surface area contributed by atoms with Crippen molar-refractivity contribution in [1.29, 1.82) is 0 Å². The molecular formula is C18H20N2O3S. The molecule has 0 bridgehead atoms. The number of amides is 2. The van der Waals surface area contributed by atoms with Gasteiger partial charge in [-0.05, 0) is 29.5 Å². The van der Waals surface area contributed by atoms with E-state index in [4.69, 9.17) is 4.74 Å². The summed E-state index contributed by atoms with van der Waals surface area (Å²) in [6, 6.07) is 11.2. The predicted molar refractivity (Wildman–Crippen MR) is 94.3 cm³/mol. The van der Waals surface area contributed by atoms with Crippen LogP contribution < -0.4 is 15.0 Å². The van der Waals surface area contributed by atoms with E-state index in [-0.39, 0.29) is 36.9 Å². The van der Waals surface area contributed by atoms with Gasteiger partial charge in [-0.25, -0.2) is 0 Å². The third-order valence-electron chi connectivity index (χ3n) is 3.94. The number of nitrogens with one attached hydrogen (secondary N) is 1. The van der Waals surface area contributed by atoms with Crippen LogP contribution in [-0.2, 0) is 9.59 Å². The largest absolute Gasteiger partial charge is 0.482 e. The summed E-state index contributed by atoms with van der Waals surface area (Å²) in [4.78, 5) is 27.3. The minimum absolute atomic E-state index is 0.00615. The van der Waals surface area contributed by atoms with Gasteiger partial charge in [-0.2, -0.15) is 0 Å². The second kappa shape index (κ2) is 7.05. The Morgan fingerprint density at radius 3 is 2.79 bits per heavy atom. The predicted octanol–water partition coefficient (Wildman–Crippen LogP) is 2.99. The number of para-hydroxylation sites is 2. The van der Waals surface area contributed by atoms with Crippen LogP contribution in [0, 0.1) is 5.92 Å². The second-order valence-corrected chi connectivity index (χ2v) is 7.02. The fourth-order valence-electron chi connectivity index (χ4n) is 2.72. The first-order chi connectivity index (χ1) is 11.6. The van der Waals surface area contributed by atoms with E-state index in [1.165, 1.54) is 4.90 Å². The normalized spacial score (nSPS) is 15.0. The minimum Gasteiger partial charge on any atom is -0.482 e. The average Bonchev–Trinajstić information content (AvgIpc) is 3.09. The molecule has 0 aliphatic carbocycles. The van der Waals surface area contributed by atoms with Crippen molar-refractivity contribution in [3.8, 4) is 5.75 Å². The maximum absolute atomic E-state index is 12.5. The smallest absolute Gasteiger partial charge is 0.265 e. The van der Waals surface area contributed by atoms with E-state index in [1.54, 1.807) is 23.5 Å². The van der Waals surface area contributed by atoms with E-state index < -0.39 is 0 Å². The molecule has 24 heavy (non-hydrogen) atoms. The van der Waals surface area contributed by atoms with Crippen molar-refractivity contribution in [2.24, 2.45) is 5.92 Å². The minimum atomic E-state index is -0.207. The number of carbonyl (C=O) groups excluding carboxylic acids is 2. The second-order valence-electron chi connectivity index (χ2n) is 6.04. The van der Waals surface area contributed by atoms with E-state index in [0.29, 0.717) is 11.4 Å². The first kappa shape index (κ1) is 16.5. The summed E-state index contributed by atoms with van der Waals surface area (Å²) < 4.78 is 5.40. The van der Waals surface area contributed by atoms with E-state index in [1.807, 2.05) is 29.6 Å². The van der Waals surface area contributed by atoms with Gasteiger partial charge in [0.1, 0.15) is 12.3 Å². The van der Waals surface area contributed by atoms with Crippen molar-refractivity contribution < 1.29 is 14.3 Å². The van der Waals surface area contributed by atoms with Crippen LogP contribution in [0.5, 0.6) is 5.75 Å². The monoisotopic (exact) mass is 344 g/mol. The first-order valence-electron chi connectivity index (χ1n) is 7.91. The highest BCUT2D eigenvalue weighted by Crippen LogP contribution is 2.31. The fourth-order valence-corrected chi connectivity index (χ4v) is 3.67. The Balaban J connectivity index is 1.74. The molecule has 1 N–H and O–H groups in total. The number of fused-ring (bicyclic) bond motifs is 1. The van der Waals surface area contributed by atoms with Crippen molar-refractivity contribution in [2.45, 2.75) is 19.9 Å². The summed E-state index contributed by atoms with van der Waals surface area (Å²) in [6.45, 7) is 4.09. The molecule has 6 heteroatoms. The molecular weight excluding hydrogens is 324 g/mol. The topological polar surface area (TPSA) is 58.6 Å². The van der Waals surface area contributed by atoms with Crippen LogP contribution in [0.15, 0.2) is 41.8 Å². The summed E-state index contributed by atoms with van der Waals surface area (Å²) in [7, 11) is 0. The van der Waals surface area contributed by atoms with Gasteiger partial charge in [0, 0.05) is 4.88 Å². The lowest BCUT2D eigenvalue weighted by atomic mass is 10.0. The zero-order chi connectivity index (χ0) is 17.1. The number of ether oxygens (including phenoxy) is 1. The molecule has 2 heterocycles. The number of carbonyl (C=O) groups is 2. The highest BCUT2D eigenvalue weighted by Gasteiger charge is 2.28. The van der Waals surface area contributed by atoms with Crippen LogP contribution in [0.4, 0.5) is 5.69 Å². The Bertz CT molecular complexity index is 728. The van der Waals surface area contributed by atoms with Gasteiger partial charge in [-0.15, -0.1) is 11.3 Å². The highest BCUT2D eigenvalue weighted by atomic mass is 32.1. The first-order valence-corrected chi connectivity index (χ1v) is 8.79. The standard InChI is InChI=1S/C18H20N2O3S/c1-12(2)18(15-8-5-9-24-15)19-16(21)10-20-13-6-3-4-7-14(13)23-11-17(20)22/h3-9,12,18H,10-11H2,1-2H3,(H,19,21). The Morgan fingerprint density at radius 2 is 2.08 bits per heavy atom. The summed E-state index contributed by atoms with van der Waals surface area (Å²) in [5, 5.41) is 5.05. The number of rotatable bonds is 5. The molecule has 0 fully saturated rings. The molecule has 1 unspecified atom stereocenters. The molecule has 2 amide bonds. The summed E-state index contributed by atoms with van der Waals surface area (Å²) in [5.41, 5.74) is 0.640. The van der Waals surface area contributed by atoms with Gasteiger partial charge in [0.05, 0.1) is 11.7 Å². The van der Waals surface area contributed by atoms with E-state index in [0.717, 1.165) is 4.88 Å². The van der Waals surface area contributed by atoms with Crippen LogP contribution in [0.3, 0.4) is 0 Å². The van der Waals surface area contributed by atoms with Crippen molar-refractivity contribution in [2.75, 3.05) is 18.1 Å². The maximum Gasteiger partial charge on any atom is 0.265 e. The molecule has 1 aliphatic heterocycles. The fraction of sp³-hybridized carbons (Fsp3) is 0.333. The molecule has 1 aromatic heterocycles. The Hall–Kier alpha value is -2.34. The Morgan fingerprint density at radius 1 is 1.29 bits per heavy atom. The van der Waals surface area contributed by atoms with Gasteiger partial charge in [0.15, 0.2) is 6.61 Å². The summed E-state index contributed by atoms with van der Waals surface area (Å²) >= 11 is 1.62. The van der Waals surface area contributed by atoms with Crippen LogP contribution in [0.2, 0.25) is 0 Å². The lowest BCUT2D eigenvalue weighted by molar-refractivity contribution is -0.125. The van der Waals surface area contributed by atoms with Crippen molar-refractivity contribution in [1.82, 2.24) is 5.32 Å². The molecule has 0 saturated heterocycles. The number of nitrogens with zero attached hydrogens (tertiary/aromatic N) is 1.